The van der Waals surface area contributed by atoms with E-state index in [2.05, 4.69) is 15.2 Å². The molecule has 0 bridgehead atoms. The van der Waals surface area contributed by atoms with Gasteiger partial charge in [0, 0.05) is 18.4 Å². The SMILES string of the molecule is Cc1nnc(SC(c2ccncc2)C(C)N)s1. The van der Waals surface area contributed by atoms with Crippen LogP contribution < -0.4 is 5.73 Å². The number of pyridine rings is 1. The van der Waals surface area contributed by atoms with E-state index in [9.17, 15) is 0 Å². The molecule has 0 aromatic carbocycles. The van der Waals surface area contributed by atoms with Gasteiger partial charge < -0.3 is 5.73 Å². The Morgan fingerprint density at radius 3 is 2.53 bits per heavy atom. The van der Waals surface area contributed by atoms with Gasteiger partial charge in [-0.1, -0.05) is 23.1 Å². The molecule has 0 fully saturated rings. The molecule has 90 valence electrons. The first kappa shape index (κ1) is 12.5. The lowest BCUT2D eigenvalue weighted by atomic mass is 10.1. The third-order valence-corrected chi connectivity index (χ3v) is 4.66. The van der Waals surface area contributed by atoms with E-state index in [4.69, 9.17) is 5.73 Å². The van der Waals surface area contributed by atoms with E-state index in [1.165, 1.54) is 5.56 Å². The second-order valence-corrected chi connectivity index (χ2v) is 6.34. The van der Waals surface area contributed by atoms with Gasteiger partial charge in [0.25, 0.3) is 0 Å². The smallest absolute Gasteiger partial charge is 0.174 e. The molecule has 0 radical (unpaired) electrons. The summed E-state index contributed by atoms with van der Waals surface area (Å²) in [7, 11) is 0. The molecule has 6 heteroatoms. The first-order valence-corrected chi connectivity index (χ1v) is 6.98. The fraction of sp³-hybridized carbons (Fsp3) is 0.364. The predicted molar refractivity (Wildman–Crippen MR) is 71.1 cm³/mol. The number of nitrogens with zero attached hydrogens (tertiary/aromatic N) is 3. The van der Waals surface area contributed by atoms with Crippen molar-refractivity contribution in [1.82, 2.24) is 15.2 Å². The van der Waals surface area contributed by atoms with Crippen LogP contribution in [-0.2, 0) is 0 Å². The monoisotopic (exact) mass is 266 g/mol. The lowest BCUT2D eigenvalue weighted by molar-refractivity contribution is 0.719. The van der Waals surface area contributed by atoms with E-state index >= 15 is 0 Å². The summed E-state index contributed by atoms with van der Waals surface area (Å²) >= 11 is 3.26. The van der Waals surface area contributed by atoms with Crippen LogP contribution in [0.25, 0.3) is 0 Å². The average Bonchev–Trinajstić information content (AvgIpc) is 2.73. The first-order chi connectivity index (χ1) is 8.16. The molecule has 0 aliphatic carbocycles. The quantitative estimate of drug-likeness (QED) is 0.861. The largest absolute Gasteiger partial charge is 0.327 e. The van der Waals surface area contributed by atoms with Crippen molar-refractivity contribution in [1.29, 1.82) is 0 Å². The van der Waals surface area contributed by atoms with Crippen LogP contribution in [0.15, 0.2) is 28.9 Å². The van der Waals surface area contributed by atoms with Crippen molar-refractivity contribution in [2.24, 2.45) is 5.73 Å². The van der Waals surface area contributed by atoms with Gasteiger partial charge >= 0.3 is 0 Å². The maximum Gasteiger partial charge on any atom is 0.174 e. The Morgan fingerprint density at radius 1 is 1.29 bits per heavy atom. The molecule has 0 saturated heterocycles. The summed E-state index contributed by atoms with van der Waals surface area (Å²) in [4.78, 5) is 4.02. The molecule has 2 aromatic heterocycles. The Kier molecular flexibility index (Phi) is 4.09. The zero-order valence-corrected chi connectivity index (χ0v) is 11.3. The molecule has 0 amide bonds. The summed E-state index contributed by atoms with van der Waals surface area (Å²) in [5.41, 5.74) is 7.21. The molecule has 2 heterocycles. The molecule has 4 nitrogen and oxygen atoms in total. The summed E-state index contributed by atoms with van der Waals surface area (Å²) in [6, 6.07) is 4.04. The van der Waals surface area contributed by atoms with Crippen molar-refractivity contribution in [3.8, 4) is 0 Å². The molecular weight excluding hydrogens is 252 g/mol. The maximum atomic E-state index is 6.04. The number of hydrogen-bond acceptors (Lipinski definition) is 6. The predicted octanol–water partition coefficient (Wildman–Crippen LogP) is 2.42. The molecule has 17 heavy (non-hydrogen) atoms. The number of aryl methyl sites for hydroxylation is 1. The lowest BCUT2D eigenvalue weighted by Crippen LogP contribution is -2.22. The van der Waals surface area contributed by atoms with Crippen molar-refractivity contribution in [2.45, 2.75) is 29.5 Å². The van der Waals surface area contributed by atoms with Gasteiger partial charge in [-0.15, -0.1) is 10.2 Å². The fourth-order valence-corrected chi connectivity index (χ4v) is 3.56. The van der Waals surface area contributed by atoms with Crippen molar-refractivity contribution < 1.29 is 0 Å². The van der Waals surface area contributed by atoms with Gasteiger partial charge in [-0.05, 0) is 31.5 Å². The highest BCUT2D eigenvalue weighted by Gasteiger charge is 2.19. The highest BCUT2D eigenvalue weighted by Crippen LogP contribution is 2.37. The van der Waals surface area contributed by atoms with E-state index in [1.807, 2.05) is 26.0 Å². The number of aromatic nitrogens is 3. The second kappa shape index (κ2) is 5.57. The highest BCUT2D eigenvalue weighted by atomic mass is 32.2. The Labute approximate surface area is 109 Å². The van der Waals surface area contributed by atoms with Crippen LogP contribution >= 0.6 is 23.1 Å². The molecule has 0 saturated carbocycles. The normalized spacial score (nSPS) is 14.5. The van der Waals surface area contributed by atoms with E-state index in [0.29, 0.717) is 0 Å². The maximum absolute atomic E-state index is 6.04. The minimum Gasteiger partial charge on any atom is -0.327 e. The van der Waals surface area contributed by atoms with Crippen LogP contribution in [-0.4, -0.2) is 21.2 Å². The molecule has 0 spiro atoms. The van der Waals surface area contributed by atoms with E-state index < -0.39 is 0 Å². The molecule has 2 rings (SSSR count). The third-order valence-electron chi connectivity index (χ3n) is 2.25. The Balaban J connectivity index is 2.19. The van der Waals surface area contributed by atoms with Crippen molar-refractivity contribution in [3.63, 3.8) is 0 Å². The third kappa shape index (κ3) is 3.24. The van der Waals surface area contributed by atoms with Crippen LogP contribution in [0.2, 0.25) is 0 Å². The van der Waals surface area contributed by atoms with E-state index in [1.54, 1.807) is 35.5 Å². The molecule has 0 aliphatic rings. The van der Waals surface area contributed by atoms with Crippen LogP contribution in [0, 0.1) is 6.92 Å². The van der Waals surface area contributed by atoms with Crippen LogP contribution in [0.5, 0.6) is 0 Å². The van der Waals surface area contributed by atoms with Crippen LogP contribution in [0.4, 0.5) is 0 Å². The minimum atomic E-state index is 0.0478. The second-order valence-electron chi connectivity index (χ2n) is 3.77. The summed E-state index contributed by atoms with van der Waals surface area (Å²) in [6.45, 7) is 3.96. The molecule has 2 unspecified atom stereocenters. The summed E-state index contributed by atoms with van der Waals surface area (Å²) in [6.07, 6.45) is 3.58. The molecule has 0 aliphatic heterocycles. The van der Waals surface area contributed by atoms with E-state index in [-0.39, 0.29) is 11.3 Å². The number of thioether (sulfide) groups is 1. The average molecular weight is 266 g/mol. The molecule has 2 aromatic rings. The zero-order chi connectivity index (χ0) is 12.3. The number of rotatable bonds is 4. The standard InChI is InChI=1S/C11H14N4S2/c1-7(12)10(9-3-5-13-6-4-9)17-11-15-14-8(2)16-11/h3-7,10H,12H2,1-2H3. The Morgan fingerprint density at radius 2 is 2.00 bits per heavy atom. The summed E-state index contributed by atoms with van der Waals surface area (Å²) < 4.78 is 0.960. The number of nitrogens with two attached hydrogens (primary N) is 1. The van der Waals surface area contributed by atoms with Crippen molar-refractivity contribution in [2.75, 3.05) is 0 Å². The number of hydrogen-bond donors (Lipinski definition) is 1. The summed E-state index contributed by atoms with van der Waals surface area (Å²) in [5.74, 6) is 0. The van der Waals surface area contributed by atoms with Crippen molar-refractivity contribution >= 4 is 23.1 Å². The van der Waals surface area contributed by atoms with Gasteiger partial charge in [0.2, 0.25) is 0 Å². The van der Waals surface area contributed by atoms with Gasteiger partial charge in [0.15, 0.2) is 4.34 Å². The fourth-order valence-electron chi connectivity index (χ4n) is 1.47. The molecule has 2 N–H and O–H groups in total. The van der Waals surface area contributed by atoms with Gasteiger partial charge in [-0.25, -0.2) is 0 Å². The lowest BCUT2D eigenvalue weighted by Gasteiger charge is -2.18. The zero-order valence-electron chi connectivity index (χ0n) is 9.70. The Hall–Kier alpha value is -0.980. The van der Waals surface area contributed by atoms with Gasteiger partial charge in [-0.3, -0.25) is 4.98 Å². The first-order valence-electron chi connectivity index (χ1n) is 5.29. The van der Waals surface area contributed by atoms with E-state index in [0.717, 1.165) is 9.35 Å². The van der Waals surface area contributed by atoms with Crippen LogP contribution in [0.1, 0.15) is 22.7 Å². The molecular formula is C11H14N4S2. The molecule has 2 atom stereocenters. The Bertz CT molecular complexity index is 469. The highest BCUT2D eigenvalue weighted by molar-refractivity contribution is 8.01. The summed E-state index contributed by atoms with van der Waals surface area (Å²) in [5, 5.41) is 9.30. The topological polar surface area (TPSA) is 64.7 Å². The van der Waals surface area contributed by atoms with Gasteiger partial charge in [-0.2, -0.15) is 0 Å². The van der Waals surface area contributed by atoms with Crippen LogP contribution in [0.3, 0.4) is 0 Å². The van der Waals surface area contributed by atoms with Gasteiger partial charge in [0.05, 0.1) is 5.25 Å². The van der Waals surface area contributed by atoms with Crippen molar-refractivity contribution in [3.05, 3.63) is 35.1 Å². The minimum absolute atomic E-state index is 0.0478. The van der Waals surface area contributed by atoms with Gasteiger partial charge in [0.1, 0.15) is 5.01 Å².